The quantitative estimate of drug-likeness (QED) is 0.889. The van der Waals surface area contributed by atoms with Gasteiger partial charge in [0.05, 0.1) is 4.88 Å². The Balaban J connectivity index is 1.51. The van der Waals surface area contributed by atoms with E-state index in [-0.39, 0.29) is 11.3 Å². The Morgan fingerprint density at radius 3 is 2.62 bits per heavy atom. The average molecular weight is 341 g/mol. The maximum Gasteiger partial charge on any atom is 0.261 e. The van der Waals surface area contributed by atoms with Crippen LogP contribution in [0.25, 0.3) is 0 Å². The van der Waals surface area contributed by atoms with E-state index in [1.54, 1.807) is 11.3 Å². The molecule has 1 aromatic heterocycles. The first-order chi connectivity index (χ1) is 11.8. The highest BCUT2D eigenvalue weighted by molar-refractivity contribution is 7.12. The first kappa shape index (κ1) is 15.9. The number of carbonyl (C=O) groups excluding carboxylic acids is 1. The van der Waals surface area contributed by atoms with Gasteiger partial charge in [-0.1, -0.05) is 30.3 Å². The molecule has 3 nitrogen and oxygen atoms in total. The lowest BCUT2D eigenvalue weighted by Gasteiger charge is -2.38. The lowest BCUT2D eigenvalue weighted by Crippen LogP contribution is -2.44. The van der Waals surface area contributed by atoms with E-state index in [1.165, 1.54) is 24.0 Å². The molecule has 1 amide bonds. The van der Waals surface area contributed by atoms with E-state index in [0.717, 1.165) is 30.9 Å². The first-order valence-electron chi connectivity index (χ1n) is 8.77. The third-order valence-electron chi connectivity index (χ3n) is 5.34. The van der Waals surface area contributed by atoms with Crippen LogP contribution in [0.15, 0.2) is 41.8 Å². The van der Waals surface area contributed by atoms with Crippen LogP contribution in [0.1, 0.15) is 52.4 Å². The van der Waals surface area contributed by atoms with Crippen molar-refractivity contribution in [2.45, 2.75) is 37.0 Å². The minimum Gasteiger partial charge on any atom is -0.381 e. The summed E-state index contributed by atoms with van der Waals surface area (Å²) in [4.78, 5) is 13.7. The van der Waals surface area contributed by atoms with Crippen molar-refractivity contribution in [1.82, 2.24) is 5.32 Å². The third-order valence-corrected chi connectivity index (χ3v) is 6.27. The summed E-state index contributed by atoms with van der Waals surface area (Å²) >= 11 is 1.57. The van der Waals surface area contributed by atoms with Crippen LogP contribution in [0.3, 0.4) is 0 Å². The van der Waals surface area contributed by atoms with Crippen LogP contribution in [0.4, 0.5) is 0 Å². The first-order valence-corrected chi connectivity index (χ1v) is 9.65. The zero-order valence-electron chi connectivity index (χ0n) is 13.8. The fourth-order valence-electron chi connectivity index (χ4n) is 3.67. The van der Waals surface area contributed by atoms with Crippen LogP contribution in [-0.4, -0.2) is 25.7 Å². The van der Waals surface area contributed by atoms with Crippen LogP contribution >= 0.6 is 11.3 Å². The standard InChI is InChI=1S/C20H23NO2S/c22-19(18-17(8-13-24-18)15-6-7-15)21-14-20(9-11-23-12-10-20)16-4-2-1-3-5-16/h1-5,8,13,15H,6-7,9-12,14H2,(H,21,22). The summed E-state index contributed by atoms with van der Waals surface area (Å²) in [5, 5.41) is 5.28. The van der Waals surface area contributed by atoms with Crippen molar-refractivity contribution < 1.29 is 9.53 Å². The predicted octanol–water partition coefficient (Wildman–Crippen LogP) is 4.10. The van der Waals surface area contributed by atoms with Crippen LogP contribution < -0.4 is 5.32 Å². The molecule has 4 heteroatoms. The number of hydrogen-bond acceptors (Lipinski definition) is 3. The maximum atomic E-state index is 12.7. The molecule has 2 aromatic rings. The van der Waals surface area contributed by atoms with Crippen molar-refractivity contribution in [3.05, 3.63) is 57.8 Å². The highest BCUT2D eigenvalue weighted by Crippen LogP contribution is 2.43. The van der Waals surface area contributed by atoms with Gasteiger partial charge in [-0.15, -0.1) is 11.3 Å². The Morgan fingerprint density at radius 2 is 1.92 bits per heavy atom. The number of amides is 1. The van der Waals surface area contributed by atoms with Gasteiger partial charge >= 0.3 is 0 Å². The van der Waals surface area contributed by atoms with Crippen molar-refractivity contribution in [3.8, 4) is 0 Å². The second-order valence-electron chi connectivity index (χ2n) is 6.92. The Morgan fingerprint density at radius 1 is 1.17 bits per heavy atom. The van der Waals surface area contributed by atoms with Crippen LogP contribution in [0.5, 0.6) is 0 Å². The van der Waals surface area contributed by atoms with Gasteiger partial charge in [0.25, 0.3) is 5.91 Å². The molecular formula is C20H23NO2S. The van der Waals surface area contributed by atoms with Gasteiger partial charge in [0.1, 0.15) is 0 Å². The number of thiophene rings is 1. The van der Waals surface area contributed by atoms with Crippen molar-refractivity contribution >= 4 is 17.2 Å². The van der Waals surface area contributed by atoms with Crippen LogP contribution in [-0.2, 0) is 10.2 Å². The third kappa shape index (κ3) is 3.13. The molecule has 4 rings (SSSR count). The predicted molar refractivity (Wildman–Crippen MR) is 96.8 cm³/mol. The Labute approximate surface area is 147 Å². The summed E-state index contributed by atoms with van der Waals surface area (Å²) in [7, 11) is 0. The molecule has 0 atom stereocenters. The number of benzene rings is 1. The molecule has 1 aromatic carbocycles. The van der Waals surface area contributed by atoms with Crippen molar-refractivity contribution in [1.29, 1.82) is 0 Å². The molecule has 2 fully saturated rings. The smallest absolute Gasteiger partial charge is 0.261 e. The van der Waals surface area contributed by atoms with Gasteiger partial charge in [-0.2, -0.15) is 0 Å². The van der Waals surface area contributed by atoms with Crippen molar-refractivity contribution in [3.63, 3.8) is 0 Å². The Bertz CT molecular complexity index is 699. The lowest BCUT2D eigenvalue weighted by atomic mass is 9.74. The summed E-state index contributed by atoms with van der Waals surface area (Å²) in [6.45, 7) is 2.20. The fourth-order valence-corrected chi connectivity index (χ4v) is 4.57. The van der Waals surface area contributed by atoms with Gasteiger partial charge in [0.15, 0.2) is 0 Å². The number of ether oxygens (including phenoxy) is 1. The van der Waals surface area contributed by atoms with Gasteiger partial charge < -0.3 is 10.1 Å². The number of nitrogens with one attached hydrogen (secondary N) is 1. The van der Waals surface area contributed by atoms with Crippen molar-refractivity contribution in [2.24, 2.45) is 0 Å². The van der Waals surface area contributed by atoms with E-state index in [0.29, 0.717) is 12.5 Å². The topological polar surface area (TPSA) is 38.3 Å². The highest BCUT2D eigenvalue weighted by atomic mass is 32.1. The molecule has 24 heavy (non-hydrogen) atoms. The van der Waals surface area contributed by atoms with E-state index in [1.807, 2.05) is 11.4 Å². The van der Waals surface area contributed by atoms with E-state index < -0.39 is 0 Å². The Hall–Kier alpha value is -1.65. The normalized spacial score (nSPS) is 19.8. The maximum absolute atomic E-state index is 12.7. The van der Waals surface area contributed by atoms with Gasteiger partial charge in [0.2, 0.25) is 0 Å². The molecule has 1 saturated heterocycles. The molecule has 126 valence electrons. The Kier molecular flexibility index (Phi) is 4.42. The van der Waals surface area contributed by atoms with E-state index in [9.17, 15) is 4.79 Å². The molecular weight excluding hydrogens is 318 g/mol. The summed E-state index contributed by atoms with van der Waals surface area (Å²) in [6.07, 6.45) is 4.36. The monoisotopic (exact) mass is 341 g/mol. The van der Waals surface area contributed by atoms with Crippen molar-refractivity contribution in [2.75, 3.05) is 19.8 Å². The number of carbonyl (C=O) groups is 1. The average Bonchev–Trinajstić information content (AvgIpc) is 3.38. The molecule has 1 aliphatic heterocycles. The molecule has 2 heterocycles. The fraction of sp³-hybridized carbons (Fsp3) is 0.450. The molecule has 0 spiro atoms. The van der Waals surface area contributed by atoms with E-state index in [2.05, 4.69) is 35.6 Å². The number of hydrogen-bond donors (Lipinski definition) is 1. The van der Waals surface area contributed by atoms with E-state index in [4.69, 9.17) is 4.74 Å². The van der Waals surface area contributed by atoms with Crippen LogP contribution in [0, 0.1) is 0 Å². The van der Waals surface area contributed by atoms with Gasteiger partial charge in [-0.3, -0.25) is 4.79 Å². The molecule has 0 unspecified atom stereocenters. The lowest BCUT2D eigenvalue weighted by molar-refractivity contribution is 0.0487. The highest BCUT2D eigenvalue weighted by Gasteiger charge is 2.35. The largest absolute Gasteiger partial charge is 0.381 e. The van der Waals surface area contributed by atoms with Crippen LogP contribution in [0.2, 0.25) is 0 Å². The van der Waals surface area contributed by atoms with E-state index >= 15 is 0 Å². The molecule has 0 radical (unpaired) electrons. The number of rotatable bonds is 5. The molecule has 0 bridgehead atoms. The summed E-state index contributed by atoms with van der Waals surface area (Å²) in [6, 6.07) is 12.7. The molecule has 1 aliphatic carbocycles. The van der Waals surface area contributed by atoms with Gasteiger partial charge in [0, 0.05) is 25.2 Å². The zero-order chi connectivity index (χ0) is 16.4. The van der Waals surface area contributed by atoms with Gasteiger partial charge in [-0.25, -0.2) is 0 Å². The minimum atomic E-state index is -0.00776. The SMILES string of the molecule is O=C(NCC1(c2ccccc2)CCOCC1)c1sccc1C1CC1. The summed E-state index contributed by atoms with van der Waals surface area (Å²) < 4.78 is 5.57. The molecule has 1 N–H and O–H groups in total. The summed E-state index contributed by atoms with van der Waals surface area (Å²) in [5.74, 6) is 0.705. The second kappa shape index (κ2) is 6.69. The molecule has 1 saturated carbocycles. The summed E-state index contributed by atoms with van der Waals surface area (Å²) in [5.41, 5.74) is 2.55. The minimum absolute atomic E-state index is 0.00776. The zero-order valence-corrected chi connectivity index (χ0v) is 14.6. The second-order valence-corrected chi connectivity index (χ2v) is 7.84. The molecule has 2 aliphatic rings. The van der Waals surface area contributed by atoms with Gasteiger partial charge in [-0.05, 0) is 54.2 Å².